The minimum atomic E-state index is -0.350. The maximum atomic E-state index is 12.0. The highest BCUT2D eigenvalue weighted by molar-refractivity contribution is 8.00. The Hall–Kier alpha value is -0.220. The van der Waals surface area contributed by atoms with Crippen molar-refractivity contribution in [2.24, 2.45) is 0 Å². The Morgan fingerprint density at radius 3 is 2.75 bits per heavy atom. The third kappa shape index (κ3) is 3.98. The average molecular weight is 245 g/mol. The van der Waals surface area contributed by atoms with Crippen LogP contribution in [-0.2, 0) is 4.79 Å². The zero-order valence-corrected chi connectivity index (χ0v) is 11.3. The fraction of sp³-hybridized carbons (Fsp3) is 0.917. The monoisotopic (exact) mass is 245 g/mol. The molecule has 1 N–H and O–H groups in total. The summed E-state index contributed by atoms with van der Waals surface area (Å²) in [5.41, 5.74) is 0. The normalized spacial score (nSPS) is 25.2. The lowest BCUT2D eigenvalue weighted by Gasteiger charge is -2.33. The minimum absolute atomic E-state index is 0.129. The zero-order valence-electron chi connectivity index (χ0n) is 10.5. The summed E-state index contributed by atoms with van der Waals surface area (Å²) in [6, 6.07) is 0.392. The van der Waals surface area contributed by atoms with E-state index in [1.54, 1.807) is 18.7 Å². The predicted molar refractivity (Wildman–Crippen MR) is 68.6 cm³/mol. The molecule has 1 fully saturated rings. The van der Waals surface area contributed by atoms with E-state index in [0.29, 0.717) is 11.8 Å². The van der Waals surface area contributed by atoms with Crippen molar-refractivity contribution in [1.82, 2.24) is 4.90 Å². The van der Waals surface area contributed by atoms with E-state index in [1.807, 2.05) is 11.8 Å². The van der Waals surface area contributed by atoms with Gasteiger partial charge in [-0.15, -0.1) is 11.8 Å². The molecule has 94 valence electrons. The Morgan fingerprint density at radius 2 is 2.19 bits per heavy atom. The van der Waals surface area contributed by atoms with Crippen LogP contribution < -0.4 is 0 Å². The summed E-state index contributed by atoms with van der Waals surface area (Å²) in [6.07, 6.45) is 3.15. The van der Waals surface area contributed by atoms with Gasteiger partial charge in [-0.1, -0.05) is 6.92 Å². The van der Waals surface area contributed by atoms with Crippen LogP contribution in [0.4, 0.5) is 0 Å². The molecule has 1 aliphatic rings. The molecule has 0 spiro atoms. The van der Waals surface area contributed by atoms with Gasteiger partial charge in [0.15, 0.2) is 0 Å². The molecular formula is C12H23NO2S. The van der Waals surface area contributed by atoms with Gasteiger partial charge < -0.3 is 10.0 Å². The molecule has 3 nitrogen and oxygen atoms in total. The molecule has 3 unspecified atom stereocenters. The molecule has 3 atom stereocenters. The van der Waals surface area contributed by atoms with E-state index in [2.05, 4.69) is 6.92 Å². The van der Waals surface area contributed by atoms with E-state index < -0.39 is 0 Å². The number of rotatable bonds is 4. The molecule has 1 rings (SSSR count). The highest BCUT2D eigenvalue weighted by atomic mass is 32.2. The zero-order chi connectivity index (χ0) is 12.1. The third-order valence-electron chi connectivity index (χ3n) is 3.27. The molecule has 0 saturated carbocycles. The van der Waals surface area contributed by atoms with Gasteiger partial charge in [0.05, 0.1) is 11.9 Å². The molecule has 1 heterocycles. The van der Waals surface area contributed by atoms with Crippen LogP contribution in [0.1, 0.15) is 40.0 Å². The first kappa shape index (κ1) is 13.8. The Kier molecular flexibility index (Phi) is 5.62. The van der Waals surface area contributed by atoms with Crippen molar-refractivity contribution < 1.29 is 9.90 Å². The summed E-state index contributed by atoms with van der Waals surface area (Å²) in [7, 11) is 0. The molecule has 0 aliphatic carbocycles. The first-order chi connectivity index (χ1) is 7.52. The lowest BCUT2D eigenvalue weighted by Crippen LogP contribution is -2.43. The molecule has 0 radical (unpaired) electrons. The van der Waals surface area contributed by atoms with Crippen LogP contribution in [-0.4, -0.2) is 45.6 Å². The number of aliphatic hydroxyl groups is 1. The van der Waals surface area contributed by atoms with Crippen molar-refractivity contribution in [2.75, 3.05) is 12.3 Å². The Morgan fingerprint density at radius 1 is 1.50 bits per heavy atom. The van der Waals surface area contributed by atoms with E-state index in [4.69, 9.17) is 0 Å². The van der Waals surface area contributed by atoms with Crippen molar-refractivity contribution in [3.8, 4) is 0 Å². The van der Waals surface area contributed by atoms with Crippen molar-refractivity contribution in [3.63, 3.8) is 0 Å². The van der Waals surface area contributed by atoms with Gasteiger partial charge in [-0.05, 0) is 33.1 Å². The third-order valence-corrected chi connectivity index (χ3v) is 4.61. The van der Waals surface area contributed by atoms with Crippen molar-refractivity contribution in [1.29, 1.82) is 0 Å². The number of likely N-dealkylation sites (tertiary alicyclic amines) is 1. The maximum absolute atomic E-state index is 12.0. The average Bonchev–Trinajstić information content (AvgIpc) is 2.25. The lowest BCUT2D eigenvalue weighted by molar-refractivity contribution is -0.131. The predicted octanol–water partition coefficient (Wildman–Crippen LogP) is 1.89. The highest BCUT2D eigenvalue weighted by Crippen LogP contribution is 2.20. The van der Waals surface area contributed by atoms with Crippen molar-refractivity contribution in [2.45, 2.75) is 57.4 Å². The molecule has 1 saturated heterocycles. The van der Waals surface area contributed by atoms with Crippen molar-refractivity contribution in [3.05, 3.63) is 0 Å². The topological polar surface area (TPSA) is 40.5 Å². The van der Waals surface area contributed by atoms with Crippen LogP contribution in [0.3, 0.4) is 0 Å². The Labute approximate surface area is 103 Å². The van der Waals surface area contributed by atoms with Gasteiger partial charge >= 0.3 is 0 Å². The molecule has 0 aromatic carbocycles. The van der Waals surface area contributed by atoms with E-state index in [-0.39, 0.29) is 17.3 Å². The van der Waals surface area contributed by atoms with Crippen molar-refractivity contribution >= 4 is 17.7 Å². The number of aliphatic hydroxyl groups excluding tert-OH is 1. The number of nitrogens with zero attached hydrogens (tertiary/aromatic N) is 1. The second-order valence-corrected chi connectivity index (χ2v) is 6.05. The molecule has 0 aromatic heterocycles. The summed E-state index contributed by atoms with van der Waals surface area (Å²) in [4.78, 5) is 14.0. The van der Waals surface area contributed by atoms with Crippen LogP contribution in [0.25, 0.3) is 0 Å². The fourth-order valence-corrected chi connectivity index (χ4v) is 2.74. The van der Waals surface area contributed by atoms with E-state index in [0.717, 1.165) is 19.4 Å². The molecule has 0 aromatic rings. The number of amides is 1. The van der Waals surface area contributed by atoms with Gasteiger partial charge in [-0.25, -0.2) is 0 Å². The summed E-state index contributed by atoms with van der Waals surface area (Å²) < 4.78 is 0. The summed E-state index contributed by atoms with van der Waals surface area (Å²) in [5, 5.41) is 9.48. The van der Waals surface area contributed by atoms with Gasteiger partial charge in [0.25, 0.3) is 0 Å². The molecule has 16 heavy (non-hydrogen) atoms. The number of thioether (sulfide) groups is 1. The number of piperidine rings is 1. The smallest absolute Gasteiger partial charge is 0.232 e. The number of carbonyl (C=O) groups is 1. The lowest BCUT2D eigenvalue weighted by atomic mass is 10.0. The SMILES string of the molecule is CC(O)C(C)SCC(=O)N1CCCCC1C. The van der Waals surface area contributed by atoms with Crippen LogP contribution in [0.5, 0.6) is 0 Å². The van der Waals surface area contributed by atoms with Gasteiger partial charge in [-0.2, -0.15) is 0 Å². The first-order valence-electron chi connectivity index (χ1n) is 6.11. The van der Waals surface area contributed by atoms with Crippen LogP contribution in [0.2, 0.25) is 0 Å². The van der Waals surface area contributed by atoms with Gasteiger partial charge in [0.2, 0.25) is 5.91 Å². The van der Waals surface area contributed by atoms with Crippen LogP contribution in [0.15, 0.2) is 0 Å². The van der Waals surface area contributed by atoms with Crippen LogP contribution in [0, 0.1) is 0 Å². The number of carbonyl (C=O) groups excluding carboxylic acids is 1. The number of hydrogen-bond acceptors (Lipinski definition) is 3. The van der Waals surface area contributed by atoms with Gasteiger partial charge in [0, 0.05) is 17.8 Å². The quantitative estimate of drug-likeness (QED) is 0.822. The fourth-order valence-electron chi connectivity index (χ4n) is 1.89. The Bertz CT molecular complexity index is 233. The Balaban J connectivity index is 2.33. The maximum Gasteiger partial charge on any atom is 0.232 e. The van der Waals surface area contributed by atoms with E-state index in [9.17, 15) is 9.90 Å². The molecule has 4 heteroatoms. The standard InChI is InChI=1S/C12H23NO2S/c1-9-6-4-5-7-13(9)12(15)8-16-11(3)10(2)14/h9-11,14H,4-8H2,1-3H3. The highest BCUT2D eigenvalue weighted by Gasteiger charge is 2.23. The second kappa shape index (κ2) is 6.50. The van der Waals surface area contributed by atoms with E-state index >= 15 is 0 Å². The summed E-state index contributed by atoms with van der Waals surface area (Å²) in [6.45, 7) is 6.76. The summed E-state index contributed by atoms with van der Waals surface area (Å²) in [5.74, 6) is 0.723. The largest absolute Gasteiger partial charge is 0.392 e. The van der Waals surface area contributed by atoms with Gasteiger partial charge in [-0.3, -0.25) is 4.79 Å². The number of hydrogen-bond donors (Lipinski definition) is 1. The minimum Gasteiger partial charge on any atom is -0.392 e. The molecular weight excluding hydrogens is 222 g/mol. The second-order valence-electron chi connectivity index (χ2n) is 4.69. The van der Waals surface area contributed by atoms with E-state index in [1.165, 1.54) is 6.42 Å². The molecule has 1 aliphatic heterocycles. The first-order valence-corrected chi connectivity index (χ1v) is 7.16. The van der Waals surface area contributed by atoms with Gasteiger partial charge in [0.1, 0.15) is 0 Å². The molecule has 0 bridgehead atoms. The van der Waals surface area contributed by atoms with Crippen LogP contribution >= 0.6 is 11.8 Å². The molecule has 1 amide bonds. The summed E-state index contributed by atoms with van der Waals surface area (Å²) >= 11 is 1.55.